The number of rotatable bonds is 2. The van der Waals surface area contributed by atoms with E-state index in [1.165, 1.54) is 0 Å². The Bertz CT molecular complexity index is 342. The summed E-state index contributed by atoms with van der Waals surface area (Å²) < 4.78 is -2.69. The number of halogens is 5. The first-order valence-electron chi connectivity index (χ1n) is 3.91. The van der Waals surface area contributed by atoms with Gasteiger partial charge in [0.15, 0.2) is 5.82 Å². The summed E-state index contributed by atoms with van der Waals surface area (Å²) in [7, 11) is 0. The SMILES string of the molecule is CC(C)c1nnnn1C(Cl)(Cl)C(Cl)(Cl)Cl. The predicted octanol–water partition coefficient (Wildman–Crippen LogP) is 3.25. The second kappa shape index (κ2) is 4.41. The van der Waals surface area contributed by atoms with Crippen molar-refractivity contribution in [3.05, 3.63) is 5.82 Å². The molecule has 0 unspecified atom stereocenters. The van der Waals surface area contributed by atoms with Crippen LogP contribution in [0.1, 0.15) is 25.6 Å². The molecule has 0 saturated carbocycles. The molecular weight excluding hydrogens is 305 g/mol. The smallest absolute Gasteiger partial charge is 0.189 e. The fourth-order valence-corrected chi connectivity index (χ4v) is 1.36. The molecule has 0 aliphatic heterocycles. The van der Waals surface area contributed by atoms with E-state index in [1.807, 2.05) is 13.8 Å². The van der Waals surface area contributed by atoms with Gasteiger partial charge in [-0.3, -0.25) is 0 Å². The molecule has 86 valence electrons. The Labute approximate surface area is 112 Å². The lowest BCUT2D eigenvalue weighted by molar-refractivity contribution is 0.488. The van der Waals surface area contributed by atoms with Gasteiger partial charge in [-0.05, 0) is 10.4 Å². The average molecular weight is 312 g/mol. The number of alkyl halides is 5. The Balaban J connectivity index is 3.21. The number of hydrogen-bond acceptors (Lipinski definition) is 3. The summed E-state index contributed by atoms with van der Waals surface area (Å²) in [4.78, 5) is 0. The van der Waals surface area contributed by atoms with Gasteiger partial charge in [0.1, 0.15) is 0 Å². The fourth-order valence-electron chi connectivity index (χ4n) is 0.874. The van der Waals surface area contributed by atoms with E-state index in [0.29, 0.717) is 5.82 Å². The molecule has 1 aromatic heterocycles. The molecule has 0 radical (unpaired) electrons. The molecule has 1 aromatic rings. The van der Waals surface area contributed by atoms with Crippen molar-refractivity contribution in [2.75, 3.05) is 0 Å². The summed E-state index contributed by atoms with van der Waals surface area (Å²) in [5.74, 6) is 0.440. The zero-order chi connectivity index (χ0) is 11.9. The second-order valence-corrected chi connectivity index (χ2v) is 6.71. The zero-order valence-electron chi connectivity index (χ0n) is 7.76. The van der Waals surface area contributed by atoms with Crippen LogP contribution in [-0.4, -0.2) is 24.0 Å². The van der Waals surface area contributed by atoms with Crippen molar-refractivity contribution in [2.24, 2.45) is 0 Å². The van der Waals surface area contributed by atoms with Crippen LogP contribution in [0, 0.1) is 0 Å². The van der Waals surface area contributed by atoms with Crippen LogP contribution in [0.15, 0.2) is 0 Å². The molecule has 9 heteroatoms. The van der Waals surface area contributed by atoms with Gasteiger partial charge in [0.05, 0.1) is 0 Å². The molecule has 0 aliphatic carbocycles. The third-order valence-electron chi connectivity index (χ3n) is 1.62. The van der Waals surface area contributed by atoms with Crippen molar-refractivity contribution in [3.8, 4) is 0 Å². The Kier molecular flexibility index (Phi) is 4.00. The first-order chi connectivity index (χ1) is 6.68. The van der Waals surface area contributed by atoms with Crippen molar-refractivity contribution in [2.45, 2.75) is 28.0 Å². The first-order valence-corrected chi connectivity index (χ1v) is 5.80. The normalized spacial score (nSPS) is 13.6. The Morgan fingerprint density at radius 3 is 2.07 bits per heavy atom. The molecule has 1 heterocycles. The van der Waals surface area contributed by atoms with E-state index in [4.69, 9.17) is 58.0 Å². The minimum absolute atomic E-state index is 0.00391. The number of nitrogens with zero attached hydrogens (tertiary/aromatic N) is 4. The quantitative estimate of drug-likeness (QED) is 0.787. The van der Waals surface area contributed by atoms with Crippen LogP contribution in [0.4, 0.5) is 0 Å². The van der Waals surface area contributed by atoms with E-state index in [2.05, 4.69) is 15.5 Å². The van der Waals surface area contributed by atoms with Crippen LogP contribution >= 0.6 is 58.0 Å². The summed E-state index contributed by atoms with van der Waals surface area (Å²) >= 11 is 28.8. The van der Waals surface area contributed by atoms with E-state index < -0.39 is 8.25 Å². The van der Waals surface area contributed by atoms with Gasteiger partial charge < -0.3 is 0 Å². The molecule has 4 nitrogen and oxygen atoms in total. The van der Waals surface area contributed by atoms with Crippen molar-refractivity contribution >= 4 is 58.0 Å². The Hall–Kier alpha value is 0.520. The van der Waals surface area contributed by atoms with E-state index in [-0.39, 0.29) is 5.92 Å². The van der Waals surface area contributed by atoms with Crippen LogP contribution < -0.4 is 0 Å². The molecule has 15 heavy (non-hydrogen) atoms. The van der Waals surface area contributed by atoms with Gasteiger partial charge in [-0.25, -0.2) is 0 Å². The van der Waals surface area contributed by atoms with Crippen LogP contribution in [0.3, 0.4) is 0 Å². The summed E-state index contributed by atoms with van der Waals surface area (Å²) in [5.41, 5.74) is 0. The average Bonchev–Trinajstić information content (AvgIpc) is 2.48. The van der Waals surface area contributed by atoms with Crippen LogP contribution in [0.5, 0.6) is 0 Å². The summed E-state index contributed by atoms with van der Waals surface area (Å²) in [6.45, 7) is 3.73. The number of hydrogen-bond donors (Lipinski definition) is 0. The second-order valence-electron chi connectivity index (χ2n) is 3.14. The molecule has 0 saturated heterocycles. The van der Waals surface area contributed by atoms with Crippen molar-refractivity contribution in [1.29, 1.82) is 0 Å². The van der Waals surface area contributed by atoms with Crippen molar-refractivity contribution < 1.29 is 0 Å². The van der Waals surface area contributed by atoms with Gasteiger partial charge in [-0.1, -0.05) is 71.9 Å². The molecule has 0 aromatic carbocycles. The van der Waals surface area contributed by atoms with E-state index in [0.717, 1.165) is 4.68 Å². The maximum atomic E-state index is 5.92. The minimum atomic E-state index is -1.94. The number of aromatic nitrogens is 4. The molecule has 0 amide bonds. The van der Waals surface area contributed by atoms with Gasteiger partial charge in [0, 0.05) is 5.92 Å². The molecule has 0 atom stereocenters. The zero-order valence-corrected chi connectivity index (χ0v) is 11.5. The third kappa shape index (κ3) is 2.61. The van der Waals surface area contributed by atoms with Crippen molar-refractivity contribution in [1.82, 2.24) is 20.2 Å². The standard InChI is InChI=1S/C6H7Cl5N4/c1-3(2)4-12-13-14-15(4)6(10,11)5(7,8)9/h3H,1-2H3. The maximum absolute atomic E-state index is 5.92. The highest BCUT2D eigenvalue weighted by Gasteiger charge is 2.50. The lowest BCUT2D eigenvalue weighted by Crippen LogP contribution is -2.37. The van der Waals surface area contributed by atoms with Crippen molar-refractivity contribution in [3.63, 3.8) is 0 Å². The van der Waals surface area contributed by atoms with Crippen LogP contribution in [0.2, 0.25) is 0 Å². The maximum Gasteiger partial charge on any atom is 0.259 e. The predicted molar refractivity (Wildman–Crippen MR) is 61.9 cm³/mol. The van der Waals surface area contributed by atoms with Gasteiger partial charge in [-0.2, -0.15) is 4.68 Å². The molecular formula is C6H7Cl5N4. The largest absolute Gasteiger partial charge is 0.259 e. The number of tetrazole rings is 1. The highest BCUT2D eigenvalue weighted by Crippen LogP contribution is 2.49. The molecule has 0 fully saturated rings. The van der Waals surface area contributed by atoms with Gasteiger partial charge in [0.25, 0.3) is 4.46 Å². The van der Waals surface area contributed by atoms with E-state index in [9.17, 15) is 0 Å². The molecule has 0 aliphatic rings. The van der Waals surface area contributed by atoms with Gasteiger partial charge in [-0.15, -0.1) is 5.10 Å². The summed E-state index contributed by atoms with van der Waals surface area (Å²) in [5, 5.41) is 10.8. The fraction of sp³-hybridized carbons (Fsp3) is 0.833. The lowest BCUT2D eigenvalue weighted by atomic mass is 10.2. The summed E-state index contributed by atoms with van der Waals surface area (Å²) in [6, 6.07) is 0. The van der Waals surface area contributed by atoms with Crippen LogP contribution in [0.25, 0.3) is 0 Å². The topological polar surface area (TPSA) is 43.6 Å². The van der Waals surface area contributed by atoms with E-state index in [1.54, 1.807) is 0 Å². The van der Waals surface area contributed by atoms with Crippen LogP contribution in [-0.2, 0) is 4.46 Å². The molecule has 1 rings (SSSR count). The lowest BCUT2D eigenvalue weighted by Gasteiger charge is -2.28. The Morgan fingerprint density at radius 1 is 1.13 bits per heavy atom. The van der Waals surface area contributed by atoms with Gasteiger partial charge in [0.2, 0.25) is 3.79 Å². The summed E-state index contributed by atoms with van der Waals surface area (Å²) in [6.07, 6.45) is 0. The minimum Gasteiger partial charge on any atom is -0.189 e. The molecule has 0 bridgehead atoms. The highest BCUT2D eigenvalue weighted by molar-refractivity contribution is 6.74. The first kappa shape index (κ1) is 13.6. The third-order valence-corrected chi connectivity index (χ3v) is 3.91. The van der Waals surface area contributed by atoms with Gasteiger partial charge >= 0.3 is 0 Å². The monoisotopic (exact) mass is 310 g/mol. The van der Waals surface area contributed by atoms with E-state index >= 15 is 0 Å². The Morgan fingerprint density at radius 2 is 1.67 bits per heavy atom. The molecule has 0 spiro atoms. The molecule has 0 N–H and O–H groups in total. The highest BCUT2D eigenvalue weighted by atomic mass is 35.6.